The maximum absolute atomic E-state index is 12.3. The number of carbonyl (C=O) groups is 1. The van der Waals surface area contributed by atoms with Gasteiger partial charge in [-0.3, -0.25) is 4.79 Å². The van der Waals surface area contributed by atoms with Gasteiger partial charge >= 0.3 is 0 Å². The molecule has 1 fully saturated rings. The zero-order valence-electron chi connectivity index (χ0n) is 13.9. The van der Waals surface area contributed by atoms with Gasteiger partial charge in [-0.1, -0.05) is 18.3 Å². The number of ether oxygens (including phenoxy) is 1. The Morgan fingerprint density at radius 1 is 1.50 bits per heavy atom. The Kier molecular flexibility index (Phi) is 5.47. The van der Waals surface area contributed by atoms with Gasteiger partial charge in [-0.05, 0) is 36.4 Å². The predicted octanol–water partition coefficient (Wildman–Crippen LogP) is 2.28. The fraction of sp³-hybridized carbons (Fsp3) is 0.562. The third-order valence-electron chi connectivity index (χ3n) is 3.95. The minimum atomic E-state index is -0.158. The van der Waals surface area contributed by atoms with E-state index in [1.165, 1.54) is 0 Å². The lowest BCUT2D eigenvalue weighted by molar-refractivity contribution is 0.0779. The molecule has 0 radical (unpaired) electrons. The van der Waals surface area contributed by atoms with E-state index in [1.54, 1.807) is 6.20 Å². The van der Waals surface area contributed by atoms with Gasteiger partial charge < -0.3 is 10.1 Å². The van der Waals surface area contributed by atoms with Gasteiger partial charge in [-0.2, -0.15) is 0 Å². The number of nitrogens with one attached hydrogen (secondary N) is 1. The van der Waals surface area contributed by atoms with Crippen LogP contribution in [0, 0.1) is 0 Å². The highest BCUT2D eigenvalue weighted by Crippen LogP contribution is 2.22. The zero-order valence-corrected chi connectivity index (χ0v) is 14.7. The molecule has 1 aliphatic rings. The van der Waals surface area contributed by atoms with Gasteiger partial charge in [-0.25, -0.2) is 9.97 Å². The molecule has 3 rings (SSSR count). The van der Waals surface area contributed by atoms with Gasteiger partial charge in [0.05, 0.1) is 24.5 Å². The normalized spacial score (nSPS) is 17.9. The number of hydrogen-bond acceptors (Lipinski definition) is 7. The summed E-state index contributed by atoms with van der Waals surface area (Å²) >= 11 is 1.12. The molecule has 0 unspecified atom stereocenters. The molecule has 1 amide bonds. The zero-order chi connectivity index (χ0) is 16.9. The lowest BCUT2D eigenvalue weighted by Crippen LogP contribution is -2.24. The van der Waals surface area contributed by atoms with Crippen LogP contribution in [0.1, 0.15) is 65.4 Å². The van der Waals surface area contributed by atoms with Crippen molar-refractivity contribution in [2.75, 3.05) is 13.2 Å². The average molecular weight is 347 g/mol. The maximum Gasteiger partial charge on any atom is 0.265 e. The van der Waals surface area contributed by atoms with Crippen molar-refractivity contribution in [3.8, 4) is 0 Å². The number of carbonyl (C=O) groups excluding carboxylic acids is 1. The van der Waals surface area contributed by atoms with Crippen LogP contribution in [0.5, 0.6) is 0 Å². The number of aromatic nitrogens is 4. The lowest BCUT2D eigenvalue weighted by atomic mass is 10.0. The van der Waals surface area contributed by atoms with E-state index in [-0.39, 0.29) is 17.7 Å². The van der Waals surface area contributed by atoms with E-state index in [0.29, 0.717) is 18.0 Å². The van der Waals surface area contributed by atoms with Gasteiger partial charge in [0.1, 0.15) is 10.7 Å². The molecule has 0 bridgehead atoms. The minimum Gasteiger partial charge on any atom is -0.381 e. The largest absolute Gasteiger partial charge is 0.381 e. The Hall–Kier alpha value is -1.93. The summed E-state index contributed by atoms with van der Waals surface area (Å²) in [4.78, 5) is 21.8. The van der Waals surface area contributed by atoms with Gasteiger partial charge in [0.2, 0.25) is 0 Å². The molecule has 24 heavy (non-hydrogen) atoms. The van der Waals surface area contributed by atoms with Gasteiger partial charge in [0.25, 0.3) is 5.91 Å². The molecule has 7 nitrogen and oxygen atoms in total. The highest BCUT2D eigenvalue weighted by molar-refractivity contribution is 7.08. The van der Waals surface area contributed by atoms with Crippen LogP contribution >= 0.6 is 11.5 Å². The summed E-state index contributed by atoms with van der Waals surface area (Å²) in [6.45, 7) is 5.83. The summed E-state index contributed by atoms with van der Waals surface area (Å²) in [6, 6.07) is 1.82. The van der Waals surface area contributed by atoms with E-state index >= 15 is 0 Å². The molecule has 0 aromatic carbocycles. The minimum absolute atomic E-state index is 0.158. The van der Waals surface area contributed by atoms with Crippen molar-refractivity contribution in [1.29, 1.82) is 0 Å². The Bertz CT molecular complexity index is 697. The molecule has 8 heteroatoms. The van der Waals surface area contributed by atoms with E-state index in [2.05, 4.69) is 24.9 Å². The van der Waals surface area contributed by atoms with E-state index < -0.39 is 0 Å². The summed E-state index contributed by atoms with van der Waals surface area (Å²) in [5.74, 6) is 1.05. The summed E-state index contributed by atoms with van der Waals surface area (Å²) in [5.41, 5.74) is 1.53. The summed E-state index contributed by atoms with van der Waals surface area (Å²) < 4.78 is 9.38. The first kappa shape index (κ1) is 16.9. The predicted molar refractivity (Wildman–Crippen MR) is 90.0 cm³/mol. The second kappa shape index (κ2) is 7.76. The SMILES string of the molecule is CC(C)c1nnsc1C(=O)NCc1ccnc([C@@H]2CCCOC2)n1. The van der Waals surface area contributed by atoms with Crippen LogP contribution < -0.4 is 5.32 Å². The second-order valence-corrected chi connectivity index (χ2v) is 6.90. The van der Waals surface area contributed by atoms with E-state index in [4.69, 9.17) is 4.74 Å². The molecule has 0 saturated carbocycles. The number of rotatable bonds is 5. The Balaban J connectivity index is 1.64. The molecule has 1 saturated heterocycles. The molecular weight excluding hydrogens is 326 g/mol. The molecule has 0 spiro atoms. The molecule has 128 valence electrons. The molecule has 2 aromatic rings. The van der Waals surface area contributed by atoms with Crippen molar-refractivity contribution in [1.82, 2.24) is 24.9 Å². The maximum atomic E-state index is 12.3. The number of nitrogens with zero attached hydrogens (tertiary/aromatic N) is 4. The molecular formula is C16H21N5O2S. The van der Waals surface area contributed by atoms with Gasteiger partial charge in [0, 0.05) is 18.7 Å². The van der Waals surface area contributed by atoms with Gasteiger partial charge in [-0.15, -0.1) is 5.10 Å². The van der Waals surface area contributed by atoms with E-state index in [9.17, 15) is 4.79 Å². The first-order valence-electron chi connectivity index (χ1n) is 8.15. The van der Waals surface area contributed by atoms with Crippen molar-refractivity contribution >= 4 is 17.4 Å². The first-order chi connectivity index (χ1) is 11.6. The Labute approximate surface area is 145 Å². The van der Waals surface area contributed by atoms with Crippen molar-refractivity contribution < 1.29 is 9.53 Å². The van der Waals surface area contributed by atoms with Crippen LogP contribution in [0.15, 0.2) is 12.3 Å². The van der Waals surface area contributed by atoms with Crippen LogP contribution in [0.2, 0.25) is 0 Å². The second-order valence-electron chi connectivity index (χ2n) is 6.14. The molecule has 2 aromatic heterocycles. The molecule has 0 aliphatic carbocycles. The summed E-state index contributed by atoms with van der Waals surface area (Å²) in [6.07, 6.45) is 3.82. The summed E-state index contributed by atoms with van der Waals surface area (Å²) in [5, 5.41) is 6.93. The van der Waals surface area contributed by atoms with Crippen LogP contribution in [0.25, 0.3) is 0 Å². The quantitative estimate of drug-likeness (QED) is 0.892. The number of amides is 1. The van der Waals surface area contributed by atoms with Crippen LogP contribution in [0.3, 0.4) is 0 Å². The third-order valence-corrected chi connectivity index (χ3v) is 4.69. The van der Waals surface area contributed by atoms with Crippen molar-refractivity contribution in [2.24, 2.45) is 0 Å². The van der Waals surface area contributed by atoms with Crippen molar-refractivity contribution in [3.63, 3.8) is 0 Å². The average Bonchev–Trinajstić information content (AvgIpc) is 3.11. The first-order valence-corrected chi connectivity index (χ1v) is 8.92. The Morgan fingerprint density at radius 3 is 3.12 bits per heavy atom. The fourth-order valence-electron chi connectivity index (χ4n) is 2.64. The number of hydrogen-bond donors (Lipinski definition) is 1. The summed E-state index contributed by atoms with van der Waals surface area (Å²) in [7, 11) is 0. The monoisotopic (exact) mass is 347 g/mol. The molecule has 1 aliphatic heterocycles. The topological polar surface area (TPSA) is 89.9 Å². The molecule has 1 N–H and O–H groups in total. The van der Waals surface area contributed by atoms with Crippen LogP contribution in [-0.4, -0.2) is 38.7 Å². The molecule has 1 atom stereocenters. The van der Waals surface area contributed by atoms with E-state index in [0.717, 1.165) is 48.2 Å². The van der Waals surface area contributed by atoms with Gasteiger partial charge in [0.15, 0.2) is 0 Å². The highest BCUT2D eigenvalue weighted by atomic mass is 32.1. The van der Waals surface area contributed by atoms with E-state index in [1.807, 2.05) is 19.9 Å². The van der Waals surface area contributed by atoms with Crippen molar-refractivity contribution in [2.45, 2.75) is 45.1 Å². The third kappa shape index (κ3) is 3.93. The fourth-order valence-corrected chi connectivity index (χ4v) is 3.37. The molecule has 3 heterocycles. The standard InChI is InChI=1S/C16H21N5O2S/c1-10(2)13-14(24-21-20-13)16(22)18-8-12-5-6-17-15(19-12)11-4-3-7-23-9-11/h5-6,10-11H,3-4,7-9H2,1-2H3,(H,18,22)/t11-/m1/s1. The van der Waals surface area contributed by atoms with Crippen LogP contribution in [-0.2, 0) is 11.3 Å². The Morgan fingerprint density at radius 2 is 2.38 bits per heavy atom. The van der Waals surface area contributed by atoms with Crippen molar-refractivity contribution in [3.05, 3.63) is 34.4 Å². The lowest BCUT2D eigenvalue weighted by Gasteiger charge is -2.20. The highest BCUT2D eigenvalue weighted by Gasteiger charge is 2.20. The van der Waals surface area contributed by atoms with Crippen LogP contribution in [0.4, 0.5) is 0 Å². The smallest absolute Gasteiger partial charge is 0.265 e.